The molecule has 1 heterocycles. The molecule has 1 fully saturated rings. The van der Waals surface area contributed by atoms with E-state index in [-0.39, 0.29) is 0 Å². The Kier molecular flexibility index (Phi) is 0.959. The summed E-state index contributed by atoms with van der Waals surface area (Å²) < 4.78 is 0. The molecule has 0 saturated carbocycles. The predicted molar refractivity (Wildman–Crippen MR) is 24.6 cm³/mol. The van der Waals surface area contributed by atoms with Crippen LogP contribution in [0.15, 0.2) is 0 Å². The van der Waals surface area contributed by atoms with E-state index in [0.29, 0.717) is 5.96 Å². The van der Waals surface area contributed by atoms with Gasteiger partial charge in [-0.2, -0.15) is 0 Å². The van der Waals surface area contributed by atoms with Crippen LogP contribution in [-0.4, -0.2) is 23.8 Å². The van der Waals surface area contributed by atoms with Crippen molar-refractivity contribution >= 4 is 5.96 Å². The van der Waals surface area contributed by atoms with E-state index in [0.717, 1.165) is 13.1 Å². The Morgan fingerprint density at radius 3 is 2.29 bits per heavy atom. The van der Waals surface area contributed by atoms with Gasteiger partial charge in [-0.15, -0.1) is 0 Å². The van der Waals surface area contributed by atoms with Crippen molar-refractivity contribution in [3.05, 3.63) is 5.53 Å². The highest BCUT2D eigenvalue weighted by molar-refractivity contribution is 5.75. The number of hydrogen-bond donors (Lipinski definition) is 2. The van der Waals surface area contributed by atoms with Gasteiger partial charge in [0.25, 0.3) is 0 Å². The summed E-state index contributed by atoms with van der Waals surface area (Å²) >= 11 is 0. The summed E-state index contributed by atoms with van der Waals surface area (Å²) in [5.41, 5.74) is 8.03. The molecule has 2 N–H and O–H groups in total. The zero-order chi connectivity index (χ0) is 5.11. The largest absolute Gasteiger partial charge is 0.543 e. The molecule has 0 spiro atoms. The number of hydrogen-bond acceptors (Lipinski definition) is 0. The molecule has 0 atom stereocenters. The molecule has 0 unspecified atom stereocenters. The third-order valence-electron chi connectivity index (χ3n) is 0.810. The Hall–Kier alpha value is -1.02. The molecule has 0 aromatic carbocycles. The molecule has 1 aliphatic rings. The first kappa shape index (κ1) is 4.15. The average Bonchev–Trinajstić information content (AvgIpc) is 2.14. The second kappa shape index (κ2) is 1.62. The van der Waals surface area contributed by atoms with Crippen molar-refractivity contribution < 1.29 is 4.79 Å². The number of guanidine groups is 1. The van der Waals surface area contributed by atoms with Crippen LogP contribution in [0.1, 0.15) is 0 Å². The van der Waals surface area contributed by atoms with E-state index in [1.165, 1.54) is 0 Å². The molecule has 38 valence electrons. The third kappa shape index (κ3) is 0.694. The van der Waals surface area contributed by atoms with Gasteiger partial charge in [0, 0.05) is 0 Å². The Morgan fingerprint density at radius 1 is 1.43 bits per heavy atom. The second-order valence-corrected chi connectivity index (χ2v) is 1.30. The molecular formula is C3H6N4. The maximum absolute atomic E-state index is 8.03. The monoisotopic (exact) mass is 98.1 g/mol. The average molecular weight is 98.1 g/mol. The van der Waals surface area contributed by atoms with Gasteiger partial charge >= 0.3 is 5.96 Å². The van der Waals surface area contributed by atoms with Gasteiger partial charge in [-0.25, -0.2) is 0 Å². The molecule has 0 aromatic heterocycles. The van der Waals surface area contributed by atoms with Crippen LogP contribution in [0.3, 0.4) is 0 Å². The quantitative estimate of drug-likeness (QED) is 0.294. The standard InChI is InChI=1S/C3H6N4/c4-7-3-5-1-2-6-3/h5-6H,1-2H2. The van der Waals surface area contributed by atoms with E-state index in [2.05, 4.69) is 15.4 Å². The molecule has 4 heteroatoms. The third-order valence-corrected chi connectivity index (χ3v) is 0.810. The van der Waals surface area contributed by atoms with Crippen molar-refractivity contribution in [1.29, 1.82) is 0 Å². The zero-order valence-corrected chi connectivity index (χ0v) is 3.81. The molecule has 0 aromatic rings. The first-order chi connectivity index (χ1) is 3.43. The van der Waals surface area contributed by atoms with Gasteiger partial charge in [0.05, 0.1) is 13.1 Å². The van der Waals surface area contributed by atoms with Gasteiger partial charge in [0.1, 0.15) is 0 Å². The van der Waals surface area contributed by atoms with Crippen molar-refractivity contribution in [2.45, 2.75) is 0 Å². The van der Waals surface area contributed by atoms with Crippen LogP contribution in [0.5, 0.6) is 0 Å². The summed E-state index contributed by atoms with van der Waals surface area (Å²) in [5, 5.41) is 5.59. The van der Waals surface area contributed by atoms with Crippen LogP contribution in [0, 0.1) is 0 Å². The maximum Gasteiger partial charge on any atom is 0.423 e. The fourth-order valence-electron chi connectivity index (χ4n) is 0.495. The molecule has 1 saturated heterocycles. The summed E-state index contributed by atoms with van der Waals surface area (Å²) in [5.74, 6) is 0.472. The Balaban J connectivity index is 2.57. The van der Waals surface area contributed by atoms with E-state index in [1.807, 2.05) is 0 Å². The van der Waals surface area contributed by atoms with Crippen LogP contribution in [0.25, 0.3) is 5.53 Å². The second-order valence-electron chi connectivity index (χ2n) is 1.30. The maximum atomic E-state index is 8.03. The molecule has 7 heavy (non-hydrogen) atoms. The molecule has 1 rings (SSSR count). The molecule has 0 amide bonds. The normalized spacial score (nSPS) is 17.4. The minimum Gasteiger partial charge on any atom is -0.543 e. The van der Waals surface area contributed by atoms with Crippen molar-refractivity contribution in [3.63, 3.8) is 0 Å². The SMILES string of the molecule is [N-]=[N+]=C1NCCN1. The van der Waals surface area contributed by atoms with E-state index >= 15 is 0 Å². The smallest absolute Gasteiger partial charge is 0.423 e. The van der Waals surface area contributed by atoms with Gasteiger partial charge in [-0.3, -0.25) is 10.6 Å². The lowest BCUT2D eigenvalue weighted by atomic mass is 10.7. The molecule has 0 aliphatic carbocycles. The summed E-state index contributed by atoms with van der Waals surface area (Å²) in [6, 6.07) is 0. The molecule has 0 radical (unpaired) electrons. The minimum absolute atomic E-state index is 0.472. The first-order valence-electron chi connectivity index (χ1n) is 2.13. The molecular weight excluding hydrogens is 92.1 g/mol. The highest BCUT2D eigenvalue weighted by Gasteiger charge is 2.11. The molecule has 0 bridgehead atoms. The van der Waals surface area contributed by atoms with Crippen molar-refractivity contribution in [2.75, 3.05) is 13.1 Å². The fraction of sp³-hybridized carbons (Fsp3) is 0.667. The zero-order valence-electron chi connectivity index (χ0n) is 3.81. The fourth-order valence-corrected chi connectivity index (χ4v) is 0.495. The molecule has 4 nitrogen and oxygen atoms in total. The Labute approximate surface area is 41.1 Å². The van der Waals surface area contributed by atoms with Crippen LogP contribution in [0.2, 0.25) is 0 Å². The minimum atomic E-state index is 0.472. The summed E-state index contributed by atoms with van der Waals surface area (Å²) in [7, 11) is 0. The lowest BCUT2D eigenvalue weighted by Gasteiger charge is -1.78. The van der Waals surface area contributed by atoms with E-state index in [1.54, 1.807) is 0 Å². The van der Waals surface area contributed by atoms with Gasteiger partial charge < -0.3 is 10.3 Å². The van der Waals surface area contributed by atoms with Gasteiger partial charge in [-0.05, 0) is 0 Å². The summed E-state index contributed by atoms with van der Waals surface area (Å²) in [6.45, 7) is 1.69. The van der Waals surface area contributed by atoms with Crippen molar-refractivity contribution in [2.24, 2.45) is 0 Å². The van der Waals surface area contributed by atoms with E-state index in [9.17, 15) is 0 Å². The van der Waals surface area contributed by atoms with Gasteiger partial charge in [0.2, 0.25) is 0 Å². The van der Waals surface area contributed by atoms with Gasteiger partial charge in [-0.1, -0.05) is 0 Å². The topological polar surface area (TPSA) is 60.5 Å². The predicted octanol–water partition coefficient (Wildman–Crippen LogP) is -1.24. The lowest BCUT2D eigenvalue weighted by molar-refractivity contribution is -0.0132. The number of nitrogens with one attached hydrogen (secondary N) is 2. The number of nitrogens with zero attached hydrogens (tertiary/aromatic N) is 2. The van der Waals surface area contributed by atoms with Crippen LogP contribution in [-0.2, 0) is 0 Å². The van der Waals surface area contributed by atoms with Crippen molar-refractivity contribution in [3.8, 4) is 0 Å². The van der Waals surface area contributed by atoms with E-state index in [4.69, 9.17) is 5.53 Å². The highest BCUT2D eigenvalue weighted by Crippen LogP contribution is 1.67. The van der Waals surface area contributed by atoms with Crippen LogP contribution < -0.4 is 10.6 Å². The van der Waals surface area contributed by atoms with Crippen LogP contribution in [0.4, 0.5) is 0 Å². The van der Waals surface area contributed by atoms with E-state index < -0.39 is 0 Å². The molecule has 1 aliphatic heterocycles. The summed E-state index contributed by atoms with van der Waals surface area (Å²) in [4.78, 5) is 2.88. The summed E-state index contributed by atoms with van der Waals surface area (Å²) in [6.07, 6.45) is 0. The van der Waals surface area contributed by atoms with Gasteiger partial charge in [0.15, 0.2) is 0 Å². The lowest BCUT2D eigenvalue weighted by Crippen LogP contribution is -2.24. The Bertz CT molecular complexity index is 104. The van der Waals surface area contributed by atoms with Crippen LogP contribution >= 0.6 is 0 Å². The Morgan fingerprint density at radius 2 is 2.00 bits per heavy atom. The van der Waals surface area contributed by atoms with Crippen molar-refractivity contribution in [1.82, 2.24) is 10.6 Å². The highest BCUT2D eigenvalue weighted by atomic mass is 15.2. The first-order valence-corrected chi connectivity index (χ1v) is 2.13. The number of rotatable bonds is 0.